The molecule has 0 aliphatic carbocycles. The molecule has 0 amide bonds. The molecule has 2 heterocycles. The summed E-state index contributed by atoms with van der Waals surface area (Å²) in [5, 5.41) is 3.35. The van der Waals surface area contributed by atoms with E-state index in [0.29, 0.717) is 23.3 Å². The van der Waals surface area contributed by atoms with Crippen molar-refractivity contribution in [3.63, 3.8) is 0 Å². The van der Waals surface area contributed by atoms with E-state index < -0.39 is 5.82 Å². The van der Waals surface area contributed by atoms with Gasteiger partial charge in [0.05, 0.1) is 17.4 Å². The van der Waals surface area contributed by atoms with Gasteiger partial charge in [0, 0.05) is 18.8 Å². The maximum Gasteiger partial charge on any atom is 0.260 e. The molecule has 2 aromatic rings. The summed E-state index contributed by atoms with van der Waals surface area (Å²) in [5.74, 6) is -0.195. The van der Waals surface area contributed by atoms with Crippen molar-refractivity contribution in [1.29, 1.82) is 0 Å². The van der Waals surface area contributed by atoms with Crippen molar-refractivity contribution < 1.29 is 9.13 Å². The molecular formula is C12H12ClFN4O. The molecule has 19 heavy (non-hydrogen) atoms. The van der Waals surface area contributed by atoms with Crippen LogP contribution in [0.15, 0.2) is 24.7 Å². The highest BCUT2D eigenvalue weighted by molar-refractivity contribution is 6.30. The average molecular weight is 283 g/mol. The molecule has 0 radical (unpaired) electrons. The number of nitrogens with zero attached hydrogens (tertiary/aromatic N) is 3. The molecule has 0 bridgehead atoms. The zero-order chi connectivity index (χ0) is 13.7. The van der Waals surface area contributed by atoms with E-state index >= 15 is 0 Å². The molecule has 5 nitrogen and oxygen atoms in total. The van der Waals surface area contributed by atoms with Crippen LogP contribution in [-0.4, -0.2) is 21.5 Å². The summed E-state index contributed by atoms with van der Waals surface area (Å²) in [6.45, 7) is 2.70. The van der Waals surface area contributed by atoms with Crippen molar-refractivity contribution in [2.75, 3.05) is 11.9 Å². The van der Waals surface area contributed by atoms with E-state index in [2.05, 4.69) is 20.3 Å². The van der Waals surface area contributed by atoms with Gasteiger partial charge in [-0.2, -0.15) is 9.37 Å². The van der Waals surface area contributed by atoms with Gasteiger partial charge in [-0.15, -0.1) is 0 Å². The van der Waals surface area contributed by atoms with Crippen molar-refractivity contribution in [1.82, 2.24) is 15.0 Å². The SMILES string of the molecule is CCCNc1ncc(F)c(Oc2cncc(Cl)c2)n1. The van der Waals surface area contributed by atoms with E-state index in [-0.39, 0.29) is 5.88 Å². The average Bonchev–Trinajstić information content (AvgIpc) is 2.40. The quantitative estimate of drug-likeness (QED) is 0.912. The first-order chi connectivity index (χ1) is 9.19. The molecule has 0 fully saturated rings. The summed E-state index contributed by atoms with van der Waals surface area (Å²) in [6.07, 6.45) is 4.85. The molecule has 0 aromatic carbocycles. The fourth-order valence-corrected chi connectivity index (χ4v) is 1.47. The summed E-state index contributed by atoms with van der Waals surface area (Å²) in [6, 6.07) is 1.52. The Morgan fingerprint density at radius 1 is 1.37 bits per heavy atom. The number of hydrogen-bond donors (Lipinski definition) is 1. The minimum Gasteiger partial charge on any atom is -0.435 e. The monoisotopic (exact) mass is 282 g/mol. The standard InChI is InChI=1S/C12H12ClFN4O/c1-2-3-16-12-17-7-10(14)11(18-12)19-9-4-8(13)5-15-6-9/h4-7H,2-3H2,1H3,(H,16,17,18). The van der Waals surface area contributed by atoms with Crippen LogP contribution in [0, 0.1) is 5.82 Å². The van der Waals surface area contributed by atoms with E-state index in [0.717, 1.165) is 12.6 Å². The Labute approximate surface area is 114 Å². The third-order valence-corrected chi connectivity index (χ3v) is 2.35. The van der Waals surface area contributed by atoms with Gasteiger partial charge in [-0.3, -0.25) is 4.98 Å². The van der Waals surface area contributed by atoms with Gasteiger partial charge in [0.15, 0.2) is 0 Å². The predicted octanol–water partition coefficient (Wildman–Crippen LogP) is 3.28. The first kappa shape index (κ1) is 13.5. The highest BCUT2D eigenvalue weighted by atomic mass is 35.5. The number of nitrogens with one attached hydrogen (secondary N) is 1. The molecule has 0 atom stereocenters. The van der Waals surface area contributed by atoms with Gasteiger partial charge in [-0.05, 0) is 6.42 Å². The number of halogens is 2. The van der Waals surface area contributed by atoms with Gasteiger partial charge in [-0.25, -0.2) is 4.98 Å². The lowest BCUT2D eigenvalue weighted by Gasteiger charge is -2.07. The van der Waals surface area contributed by atoms with Crippen LogP contribution in [-0.2, 0) is 0 Å². The Morgan fingerprint density at radius 3 is 2.95 bits per heavy atom. The predicted molar refractivity (Wildman–Crippen MR) is 70.1 cm³/mol. The highest BCUT2D eigenvalue weighted by Crippen LogP contribution is 2.24. The molecule has 0 unspecified atom stereocenters. The molecule has 2 rings (SSSR count). The second kappa shape index (κ2) is 6.29. The fourth-order valence-electron chi connectivity index (χ4n) is 1.30. The van der Waals surface area contributed by atoms with Crippen molar-refractivity contribution in [2.24, 2.45) is 0 Å². The number of pyridine rings is 1. The maximum atomic E-state index is 13.5. The van der Waals surface area contributed by atoms with E-state index in [1.807, 2.05) is 6.92 Å². The smallest absolute Gasteiger partial charge is 0.260 e. The van der Waals surface area contributed by atoms with Crippen LogP contribution in [0.2, 0.25) is 5.02 Å². The van der Waals surface area contributed by atoms with Crippen LogP contribution < -0.4 is 10.1 Å². The van der Waals surface area contributed by atoms with Gasteiger partial charge in [-0.1, -0.05) is 18.5 Å². The van der Waals surface area contributed by atoms with Gasteiger partial charge in [0.1, 0.15) is 5.75 Å². The zero-order valence-corrected chi connectivity index (χ0v) is 11.0. The number of ether oxygens (including phenoxy) is 1. The summed E-state index contributed by atoms with van der Waals surface area (Å²) < 4.78 is 18.8. The third-order valence-electron chi connectivity index (χ3n) is 2.14. The fraction of sp³-hybridized carbons (Fsp3) is 0.250. The van der Waals surface area contributed by atoms with Crippen LogP contribution >= 0.6 is 11.6 Å². The van der Waals surface area contributed by atoms with Crippen molar-refractivity contribution >= 4 is 17.5 Å². The van der Waals surface area contributed by atoms with Gasteiger partial charge >= 0.3 is 0 Å². The lowest BCUT2D eigenvalue weighted by molar-refractivity contribution is 0.419. The topological polar surface area (TPSA) is 59.9 Å². The van der Waals surface area contributed by atoms with Crippen LogP contribution in [0.25, 0.3) is 0 Å². The van der Waals surface area contributed by atoms with Crippen LogP contribution in [0.3, 0.4) is 0 Å². The maximum absolute atomic E-state index is 13.5. The molecule has 100 valence electrons. The van der Waals surface area contributed by atoms with Gasteiger partial charge < -0.3 is 10.1 Å². The number of hydrogen-bond acceptors (Lipinski definition) is 5. The molecular weight excluding hydrogens is 271 g/mol. The molecule has 0 saturated carbocycles. The minimum absolute atomic E-state index is 0.169. The van der Waals surface area contributed by atoms with Crippen molar-refractivity contribution in [3.05, 3.63) is 35.5 Å². The summed E-state index contributed by atoms with van der Waals surface area (Å²) in [7, 11) is 0. The van der Waals surface area contributed by atoms with E-state index in [9.17, 15) is 4.39 Å². The van der Waals surface area contributed by atoms with Crippen LogP contribution in [0.5, 0.6) is 11.6 Å². The lowest BCUT2D eigenvalue weighted by Crippen LogP contribution is -2.05. The molecule has 2 aromatic heterocycles. The van der Waals surface area contributed by atoms with E-state index in [1.54, 1.807) is 0 Å². The number of rotatable bonds is 5. The van der Waals surface area contributed by atoms with Crippen molar-refractivity contribution in [2.45, 2.75) is 13.3 Å². The van der Waals surface area contributed by atoms with Crippen LogP contribution in [0.1, 0.15) is 13.3 Å². The number of anilines is 1. The molecule has 0 saturated heterocycles. The van der Waals surface area contributed by atoms with Gasteiger partial charge in [0.2, 0.25) is 11.8 Å². The molecule has 1 N–H and O–H groups in total. The second-order valence-corrected chi connectivity index (χ2v) is 4.15. The Bertz CT molecular complexity index is 567. The minimum atomic E-state index is -0.651. The molecule has 0 aliphatic rings. The normalized spacial score (nSPS) is 10.3. The summed E-state index contributed by atoms with van der Waals surface area (Å²) >= 11 is 5.77. The second-order valence-electron chi connectivity index (χ2n) is 3.71. The first-order valence-corrected chi connectivity index (χ1v) is 6.11. The summed E-state index contributed by atoms with van der Waals surface area (Å²) in [5.41, 5.74) is 0. The Kier molecular flexibility index (Phi) is 4.46. The third kappa shape index (κ3) is 3.75. The lowest BCUT2D eigenvalue weighted by atomic mass is 10.4. The van der Waals surface area contributed by atoms with Gasteiger partial charge in [0.25, 0.3) is 5.88 Å². The van der Waals surface area contributed by atoms with E-state index in [4.69, 9.17) is 16.3 Å². The van der Waals surface area contributed by atoms with Crippen molar-refractivity contribution in [3.8, 4) is 11.6 Å². The molecule has 7 heteroatoms. The number of aromatic nitrogens is 3. The highest BCUT2D eigenvalue weighted by Gasteiger charge is 2.09. The summed E-state index contributed by atoms with van der Waals surface area (Å²) in [4.78, 5) is 11.6. The Morgan fingerprint density at radius 2 is 2.21 bits per heavy atom. The Hall–Kier alpha value is -1.95. The largest absolute Gasteiger partial charge is 0.435 e. The Balaban J connectivity index is 2.19. The first-order valence-electron chi connectivity index (χ1n) is 5.74. The van der Waals surface area contributed by atoms with E-state index in [1.165, 1.54) is 18.5 Å². The van der Waals surface area contributed by atoms with Crippen LogP contribution in [0.4, 0.5) is 10.3 Å². The molecule has 0 spiro atoms. The zero-order valence-electron chi connectivity index (χ0n) is 10.2. The molecule has 0 aliphatic heterocycles.